The molecule has 0 spiro atoms. The standard InChI is InChI=1S/C7H8N2O3.C6H15N/c1-2-12-7(11)5-3-6(10)9-4-8-5;1-4-7(5-2)6-3/h3-4H,2H2,1H3,(H,8,9,10);4-6H2,1-3H3. The van der Waals surface area contributed by atoms with Crippen LogP contribution in [0.25, 0.3) is 0 Å². The Morgan fingerprint density at radius 3 is 2.21 bits per heavy atom. The number of hydrogen-bond acceptors (Lipinski definition) is 5. The van der Waals surface area contributed by atoms with Crippen molar-refractivity contribution in [2.45, 2.75) is 27.7 Å². The minimum absolute atomic E-state index is 0.0283. The third kappa shape index (κ3) is 7.35. The molecule has 0 aliphatic rings. The van der Waals surface area contributed by atoms with Gasteiger partial charge in [-0.3, -0.25) is 4.79 Å². The second kappa shape index (κ2) is 10.3. The number of aromatic amines is 1. The molecule has 0 saturated heterocycles. The molecular weight excluding hydrogens is 246 g/mol. The highest BCUT2D eigenvalue weighted by Gasteiger charge is 2.06. The number of hydrogen-bond donors (Lipinski definition) is 1. The molecule has 108 valence electrons. The van der Waals surface area contributed by atoms with E-state index in [4.69, 9.17) is 0 Å². The quantitative estimate of drug-likeness (QED) is 0.815. The summed E-state index contributed by atoms with van der Waals surface area (Å²) in [4.78, 5) is 30.0. The summed E-state index contributed by atoms with van der Waals surface area (Å²) in [5, 5.41) is 0. The molecule has 0 saturated carbocycles. The fourth-order valence-corrected chi connectivity index (χ4v) is 1.36. The van der Waals surface area contributed by atoms with E-state index in [1.165, 1.54) is 19.6 Å². The van der Waals surface area contributed by atoms with Crippen molar-refractivity contribution < 1.29 is 9.53 Å². The van der Waals surface area contributed by atoms with Crippen LogP contribution in [-0.4, -0.2) is 47.1 Å². The van der Waals surface area contributed by atoms with E-state index in [0.717, 1.165) is 12.4 Å². The lowest BCUT2D eigenvalue weighted by atomic mass is 10.4. The van der Waals surface area contributed by atoms with Crippen LogP contribution in [0, 0.1) is 0 Å². The smallest absolute Gasteiger partial charge is 0.357 e. The summed E-state index contributed by atoms with van der Waals surface area (Å²) in [5.41, 5.74) is -0.339. The fourth-order valence-electron chi connectivity index (χ4n) is 1.36. The molecular formula is C13H23N3O3. The monoisotopic (exact) mass is 269 g/mol. The predicted octanol–water partition coefficient (Wildman–Crippen LogP) is 1.29. The molecule has 0 radical (unpaired) electrons. The molecule has 1 aromatic rings. The van der Waals surface area contributed by atoms with Crippen molar-refractivity contribution in [3.63, 3.8) is 0 Å². The van der Waals surface area contributed by atoms with E-state index in [9.17, 15) is 9.59 Å². The van der Waals surface area contributed by atoms with Gasteiger partial charge in [-0.1, -0.05) is 20.8 Å². The van der Waals surface area contributed by atoms with Gasteiger partial charge in [0.1, 0.15) is 0 Å². The van der Waals surface area contributed by atoms with Crippen LogP contribution in [0.1, 0.15) is 38.2 Å². The highest BCUT2D eigenvalue weighted by molar-refractivity contribution is 5.86. The first-order chi connectivity index (χ1) is 9.08. The van der Waals surface area contributed by atoms with Gasteiger partial charge in [-0.15, -0.1) is 0 Å². The first kappa shape index (κ1) is 17.3. The largest absolute Gasteiger partial charge is 0.461 e. The fraction of sp³-hybridized carbons (Fsp3) is 0.615. The molecule has 1 N–H and O–H groups in total. The van der Waals surface area contributed by atoms with Crippen LogP contribution in [0.2, 0.25) is 0 Å². The normalized spacial score (nSPS) is 9.74. The molecule has 0 bridgehead atoms. The summed E-state index contributed by atoms with van der Waals surface area (Å²) in [6.07, 6.45) is 1.16. The van der Waals surface area contributed by atoms with E-state index >= 15 is 0 Å². The minimum atomic E-state index is -0.580. The van der Waals surface area contributed by atoms with Crippen LogP contribution in [-0.2, 0) is 4.74 Å². The maximum absolute atomic E-state index is 11.0. The van der Waals surface area contributed by atoms with Gasteiger partial charge in [0.15, 0.2) is 5.69 Å². The van der Waals surface area contributed by atoms with E-state index in [-0.39, 0.29) is 17.9 Å². The number of rotatable bonds is 5. The first-order valence-electron chi connectivity index (χ1n) is 6.53. The number of ether oxygens (including phenoxy) is 1. The van der Waals surface area contributed by atoms with Gasteiger partial charge in [0.05, 0.1) is 12.9 Å². The van der Waals surface area contributed by atoms with Crippen LogP contribution in [0.15, 0.2) is 17.2 Å². The van der Waals surface area contributed by atoms with Gasteiger partial charge in [-0.05, 0) is 26.6 Å². The highest BCUT2D eigenvalue weighted by Crippen LogP contribution is 1.91. The van der Waals surface area contributed by atoms with E-state index in [1.807, 2.05) is 0 Å². The Labute approximate surface area is 113 Å². The number of esters is 1. The summed E-state index contributed by atoms with van der Waals surface area (Å²) < 4.78 is 4.63. The summed E-state index contributed by atoms with van der Waals surface area (Å²) in [6.45, 7) is 12.1. The summed E-state index contributed by atoms with van der Waals surface area (Å²) >= 11 is 0. The van der Waals surface area contributed by atoms with Crippen molar-refractivity contribution in [1.29, 1.82) is 0 Å². The molecule has 0 aliphatic carbocycles. The zero-order valence-electron chi connectivity index (χ0n) is 12.1. The lowest BCUT2D eigenvalue weighted by Gasteiger charge is -2.13. The third-order valence-electron chi connectivity index (χ3n) is 2.50. The Hall–Kier alpha value is -1.69. The highest BCUT2D eigenvalue weighted by atomic mass is 16.5. The number of H-pyrrole nitrogens is 1. The van der Waals surface area contributed by atoms with Crippen LogP contribution in [0.4, 0.5) is 0 Å². The molecule has 0 aliphatic heterocycles. The van der Waals surface area contributed by atoms with Gasteiger partial charge in [0, 0.05) is 6.07 Å². The lowest BCUT2D eigenvalue weighted by molar-refractivity contribution is 0.0519. The van der Waals surface area contributed by atoms with Crippen molar-refractivity contribution in [3.8, 4) is 0 Å². The topological polar surface area (TPSA) is 75.3 Å². The molecule has 1 aromatic heterocycles. The zero-order chi connectivity index (χ0) is 14.7. The number of carbonyl (C=O) groups excluding carboxylic acids is 1. The van der Waals surface area contributed by atoms with Crippen LogP contribution in [0.5, 0.6) is 0 Å². The molecule has 0 aromatic carbocycles. The number of nitrogens with one attached hydrogen (secondary N) is 1. The molecule has 0 unspecified atom stereocenters. The average molecular weight is 269 g/mol. The maximum Gasteiger partial charge on any atom is 0.357 e. The summed E-state index contributed by atoms with van der Waals surface area (Å²) in [5.74, 6) is -0.580. The Morgan fingerprint density at radius 1 is 1.26 bits per heavy atom. The molecule has 6 nitrogen and oxygen atoms in total. The van der Waals surface area contributed by atoms with Crippen molar-refractivity contribution in [3.05, 3.63) is 28.4 Å². The van der Waals surface area contributed by atoms with Crippen LogP contribution < -0.4 is 5.56 Å². The van der Waals surface area contributed by atoms with E-state index < -0.39 is 5.97 Å². The second-order valence-corrected chi connectivity index (χ2v) is 3.64. The molecule has 6 heteroatoms. The van der Waals surface area contributed by atoms with E-state index in [0.29, 0.717) is 0 Å². The van der Waals surface area contributed by atoms with E-state index in [1.54, 1.807) is 6.92 Å². The predicted molar refractivity (Wildman–Crippen MR) is 74.3 cm³/mol. The van der Waals surface area contributed by atoms with Gasteiger partial charge in [0.25, 0.3) is 5.56 Å². The molecule has 0 amide bonds. The van der Waals surface area contributed by atoms with Gasteiger partial charge < -0.3 is 14.6 Å². The Kier molecular flexibility index (Phi) is 9.34. The number of carbonyl (C=O) groups is 1. The van der Waals surface area contributed by atoms with Crippen LogP contribution >= 0.6 is 0 Å². The molecule has 0 atom stereocenters. The molecule has 1 rings (SSSR count). The van der Waals surface area contributed by atoms with Gasteiger partial charge in [-0.2, -0.15) is 0 Å². The first-order valence-corrected chi connectivity index (χ1v) is 6.53. The number of aromatic nitrogens is 2. The van der Waals surface area contributed by atoms with Crippen LogP contribution in [0.3, 0.4) is 0 Å². The van der Waals surface area contributed by atoms with Crippen molar-refractivity contribution in [1.82, 2.24) is 14.9 Å². The molecule has 0 fully saturated rings. The zero-order valence-corrected chi connectivity index (χ0v) is 12.1. The van der Waals surface area contributed by atoms with Gasteiger partial charge in [-0.25, -0.2) is 9.78 Å². The van der Waals surface area contributed by atoms with Gasteiger partial charge in [0.2, 0.25) is 0 Å². The van der Waals surface area contributed by atoms with E-state index in [2.05, 4.69) is 40.4 Å². The molecule has 1 heterocycles. The SMILES string of the molecule is CCN(CC)CC.CCOC(=O)c1cc(=O)[nH]cn1. The minimum Gasteiger partial charge on any atom is -0.461 e. The summed E-state index contributed by atoms with van der Waals surface area (Å²) in [6, 6.07) is 1.10. The Balaban J connectivity index is 0.000000399. The second-order valence-electron chi connectivity index (χ2n) is 3.64. The van der Waals surface area contributed by atoms with Crippen molar-refractivity contribution >= 4 is 5.97 Å². The molecule has 19 heavy (non-hydrogen) atoms. The Bertz CT molecular complexity index is 408. The van der Waals surface area contributed by atoms with Gasteiger partial charge >= 0.3 is 5.97 Å². The van der Waals surface area contributed by atoms with Crippen molar-refractivity contribution in [2.75, 3.05) is 26.2 Å². The number of nitrogens with zero attached hydrogens (tertiary/aromatic N) is 2. The third-order valence-corrected chi connectivity index (χ3v) is 2.50. The maximum atomic E-state index is 11.0. The summed E-state index contributed by atoms with van der Waals surface area (Å²) in [7, 11) is 0. The average Bonchev–Trinajstić information content (AvgIpc) is 2.42. The van der Waals surface area contributed by atoms with Crippen molar-refractivity contribution in [2.24, 2.45) is 0 Å². The Morgan fingerprint density at radius 2 is 1.84 bits per heavy atom. The lowest BCUT2D eigenvalue weighted by Crippen LogP contribution is -2.21.